The molecule has 2 N–H and O–H groups in total. The number of imidazole rings is 1. The lowest BCUT2D eigenvalue weighted by molar-refractivity contribution is 0.0684. The van der Waals surface area contributed by atoms with Gasteiger partial charge in [0.15, 0.2) is 0 Å². The number of fused-ring (bicyclic) bond motifs is 1. The van der Waals surface area contributed by atoms with Crippen molar-refractivity contribution in [2.24, 2.45) is 0 Å². The molecule has 110 valence electrons. The molecule has 0 aliphatic rings. The number of nitrogens with zero attached hydrogens (tertiary/aromatic N) is 2. The topological polar surface area (TPSA) is 62.3 Å². The molecule has 0 amide bonds. The number of aryl methyl sites for hydroxylation is 1. The summed E-state index contributed by atoms with van der Waals surface area (Å²) < 4.78 is 13.5. The van der Waals surface area contributed by atoms with Gasteiger partial charge in [0.05, 0.1) is 24.2 Å². The highest BCUT2D eigenvalue weighted by atomic mass is 79.9. The van der Waals surface area contributed by atoms with Gasteiger partial charge in [-0.15, -0.1) is 0 Å². The Bertz CT molecular complexity index is 557. The third kappa shape index (κ3) is 3.94. The standard InChI is InChI=1S/C14H20BrN3O2/c1-19-8-9-20-7-3-2-6-18-13-10-11(15)4-5-12(13)17-14(18)16/h4-5,10H,2-3,6-9H2,1H3,(H2,16,17). The number of methoxy groups -OCH3 is 1. The zero-order valence-corrected chi connectivity index (χ0v) is 13.2. The lowest BCUT2D eigenvalue weighted by atomic mass is 10.3. The highest BCUT2D eigenvalue weighted by molar-refractivity contribution is 9.10. The highest BCUT2D eigenvalue weighted by Gasteiger charge is 2.07. The SMILES string of the molecule is COCCOCCCCn1c(N)nc2ccc(Br)cc21. The van der Waals surface area contributed by atoms with Crippen LogP contribution in [0.1, 0.15) is 12.8 Å². The van der Waals surface area contributed by atoms with Gasteiger partial charge in [-0.05, 0) is 31.0 Å². The van der Waals surface area contributed by atoms with E-state index in [2.05, 4.69) is 25.5 Å². The van der Waals surface area contributed by atoms with E-state index in [1.807, 2.05) is 18.2 Å². The minimum atomic E-state index is 0.568. The van der Waals surface area contributed by atoms with E-state index >= 15 is 0 Å². The number of hydrogen-bond donors (Lipinski definition) is 1. The van der Waals surface area contributed by atoms with Crippen molar-refractivity contribution >= 4 is 32.9 Å². The van der Waals surface area contributed by atoms with Crippen LogP contribution in [0.2, 0.25) is 0 Å². The van der Waals surface area contributed by atoms with E-state index in [-0.39, 0.29) is 0 Å². The van der Waals surface area contributed by atoms with Gasteiger partial charge in [0.25, 0.3) is 0 Å². The van der Waals surface area contributed by atoms with Gasteiger partial charge >= 0.3 is 0 Å². The molecule has 0 radical (unpaired) electrons. The Morgan fingerprint density at radius 2 is 2.10 bits per heavy atom. The molecule has 0 atom stereocenters. The van der Waals surface area contributed by atoms with Gasteiger partial charge in [0.2, 0.25) is 5.95 Å². The van der Waals surface area contributed by atoms with Crippen LogP contribution in [0.15, 0.2) is 22.7 Å². The third-order valence-corrected chi connectivity index (χ3v) is 3.59. The fourth-order valence-electron chi connectivity index (χ4n) is 2.07. The number of rotatable bonds is 8. The number of nitrogen functional groups attached to an aromatic ring is 1. The van der Waals surface area contributed by atoms with Crippen LogP contribution in [0.25, 0.3) is 11.0 Å². The zero-order valence-electron chi connectivity index (χ0n) is 11.6. The van der Waals surface area contributed by atoms with E-state index in [1.165, 1.54) is 0 Å². The molecule has 6 heteroatoms. The summed E-state index contributed by atoms with van der Waals surface area (Å²) in [5.74, 6) is 0.568. The van der Waals surface area contributed by atoms with Crippen molar-refractivity contribution in [2.45, 2.75) is 19.4 Å². The van der Waals surface area contributed by atoms with Gasteiger partial charge in [0.1, 0.15) is 0 Å². The first-order valence-electron chi connectivity index (χ1n) is 6.70. The van der Waals surface area contributed by atoms with Gasteiger partial charge in [-0.2, -0.15) is 0 Å². The molecular weight excluding hydrogens is 322 g/mol. The van der Waals surface area contributed by atoms with Crippen LogP contribution in [0.3, 0.4) is 0 Å². The molecule has 2 rings (SSSR count). The number of nitrogens with two attached hydrogens (primary N) is 1. The minimum Gasteiger partial charge on any atom is -0.382 e. The van der Waals surface area contributed by atoms with E-state index in [0.29, 0.717) is 19.2 Å². The summed E-state index contributed by atoms with van der Waals surface area (Å²) in [7, 11) is 1.68. The molecule has 0 aliphatic heterocycles. The molecule has 20 heavy (non-hydrogen) atoms. The van der Waals surface area contributed by atoms with Crippen LogP contribution in [0, 0.1) is 0 Å². The average molecular weight is 342 g/mol. The van der Waals surface area contributed by atoms with Gasteiger partial charge in [-0.3, -0.25) is 0 Å². The largest absolute Gasteiger partial charge is 0.382 e. The van der Waals surface area contributed by atoms with Crippen molar-refractivity contribution in [3.63, 3.8) is 0 Å². The molecule has 0 fully saturated rings. The van der Waals surface area contributed by atoms with Crippen LogP contribution >= 0.6 is 15.9 Å². The number of halogens is 1. The van der Waals surface area contributed by atoms with Crippen LogP contribution in [-0.4, -0.2) is 36.5 Å². The Hall–Kier alpha value is -1.11. The monoisotopic (exact) mass is 341 g/mol. The number of aromatic nitrogens is 2. The van der Waals surface area contributed by atoms with Crippen LogP contribution in [-0.2, 0) is 16.0 Å². The second kappa shape index (κ2) is 7.61. The van der Waals surface area contributed by atoms with E-state index in [4.69, 9.17) is 15.2 Å². The van der Waals surface area contributed by atoms with E-state index in [1.54, 1.807) is 7.11 Å². The van der Waals surface area contributed by atoms with Crippen molar-refractivity contribution in [1.29, 1.82) is 0 Å². The summed E-state index contributed by atoms with van der Waals surface area (Å²) in [6, 6.07) is 6.00. The van der Waals surface area contributed by atoms with E-state index in [9.17, 15) is 0 Å². The number of unbranched alkanes of at least 4 members (excludes halogenated alkanes) is 1. The summed E-state index contributed by atoms with van der Waals surface area (Å²) in [5, 5.41) is 0. The molecule has 0 spiro atoms. The van der Waals surface area contributed by atoms with Gasteiger partial charge in [0, 0.05) is 24.7 Å². The van der Waals surface area contributed by atoms with Crippen molar-refractivity contribution < 1.29 is 9.47 Å². The maximum absolute atomic E-state index is 5.97. The number of anilines is 1. The third-order valence-electron chi connectivity index (χ3n) is 3.09. The highest BCUT2D eigenvalue weighted by Crippen LogP contribution is 2.22. The smallest absolute Gasteiger partial charge is 0.201 e. The maximum Gasteiger partial charge on any atom is 0.201 e. The predicted octanol–water partition coefficient (Wildman–Crippen LogP) is 2.82. The summed E-state index contributed by atoms with van der Waals surface area (Å²) in [4.78, 5) is 4.37. The number of benzene rings is 1. The molecule has 1 aromatic heterocycles. The second-order valence-electron chi connectivity index (χ2n) is 4.57. The van der Waals surface area contributed by atoms with Crippen molar-refractivity contribution in [3.8, 4) is 0 Å². The van der Waals surface area contributed by atoms with Crippen LogP contribution < -0.4 is 5.73 Å². The molecule has 1 aromatic carbocycles. The molecule has 0 aliphatic carbocycles. The quantitative estimate of drug-likeness (QED) is 0.750. The fourth-order valence-corrected chi connectivity index (χ4v) is 2.42. The first-order chi connectivity index (χ1) is 9.72. The molecule has 2 aromatic rings. The summed E-state index contributed by atoms with van der Waals surface area (Å²) >= 11 is 3.48. The minimum absolute atomic E-state index is 0.568. The van der Waals surface area contributed by atoms with Crippen molar-refractivity contribution in [1.82, 2.24) is 9.55 Å². The number of ether oxygens (including phenoxy) is 2. The molecule has 5 nitrogen and oxygen atoms in total. The lowest BCUT2D eigenvalue weighted by Gasteiger charge is -2.07. The van der Waals surface area contributed by atoms with E-state index in [0.717, 1.165) is 41.5 Å². The van der Waals surface area contributed by atoms with Gasteiger partial charge < -0.3 is 19.8 Å². The maximum atomic E-state index is 5.97. The second-order valence-corrected chi connectivity index (χ2v) is 5.48. The van der Waals surface area contributed by atoms with Crippen molar-refractivity contribution in [2.75, 3.05) is 32.7 Å². The van der Waals surface area contributed by atoms with Crippen molar-refractivity contribution in [3.05, 3.63) is 22.7 Å². The normalized spacial score (nSPS) is 11.3. The molecule has 0 saturated heterocycles. The zero-order chi connectivity index (χ0) is 14.4. The Labute approximate surface area is 127 Å². The molecular formula is C14H20BrN3O2. The summed E-state index contributed by atoms with van der Waals surface area (Å²) in [6.07, 6.45) is 2.01. The van der Waals surface area contributed by atoms with Crippen LogP contribution in [0.4, 0.5) is 5.95 Å². The molecule has 0 unspecified atom stereocenters. The first-order valence-corrected chi connectivity index (χ1v) is 7.49. The molecule has 0 bridgehead atoms. The van der Waals surface area contributed by atoms with Gasteiger partial charge in [-0.1, -0.05) is 15.9 Å². The molecule has 1 heterocycles. The van der Waals surface area contributed by atoms with Gasteiger partial charge in [-0.25, -0.2) is 4.98 Å². The Morgan fingerprint density at radius 3 is 2.90 bits per heavy atom. The van der Waals surface area contributed by atoms with E-state index < -0.39 is 0 Å². The fraction of sp³-hybridized carbons (Fsp3) is 0.500. The summed E-state index contributed by atoms with van der Waals surface area (Å²) in [5.41, 5.74) is 7.97. The Kier molecular flexibility index (Phi) is 5.82. The average Bonchev–Trinajstić information content (AvgIpc) is 2.73. The lowest BCUT2D eigenvalue weighted by Crippen LogP contribution is -2.06. The predicted molar refractivity (Wildman–Crippen MR) is 83.8 cm³/mol. The number of hydrogen-bond acceptors (Lipinski definition) is 4. The first kappa shape index (κ1) is 15.3. The Balaban J connectivity index is 1.86. The Morgan fingerprint density at radius 1 is 1.25 bits per heavy atom. The molecule has 0 saturated carbocycles. The van der Waals surface area contributed by atoms with Crippen LogP contribution in [0.5, 0.6) is 0 Å². The summed E-state index contributed by atoms with van der Waals surface area (Å²) in [6.45, 7) is 2.90.